The summed E-state index contributed by atoms with van der Waals surface area (Å²) in [4.78, 5) is 15.1. The molecule has 0 N–H and O–H groups in total. The zero-order valence-electron chi connectivity index (χ0n) is 9.25. The van der Waals surface area contributed by atoms with Gasteiger partial charge in [0.25, 0.3) is 0 Å². The second-order valence-electron chi connectivity index (χ2n) is 4.15. The molecule has 3 nitrogen and oxygen atoms in total. The van der Waals surface area contributed by atoms with E-state index in [1.54, 1.807) is 0 Å². The van der Waals surface area contributed by atoms with Crippen LogP contribution in [0.15, 0.2) is 46.2 Å². The van der Waals surface area contributed by atoms with Gasteiger partial charge in [0.05, 0.1) is 5.70 Å². The Labute approximate surface area is 95.6 Å². The molecule has 16 heavy (non-hydrogen) atoms. The number of nitroso groups, excluding NO2 is 1. The van der Waals surface area contributed by atoms with Crippen LogP contribution in [0.1, 0.15) is 25.7 Å². The first kappa shape index (κ1) is 11.0. The highest BCUT2D eigenvalue weighted by atomic mass is 16.3. The lowest BCUT2D eigenvalue weighted by molar-refractivity contribution is 0.553. The van der Waals surface area contributed by atoms with E-state index in [4.69, 9.17) is 0 Å². The van der Waals surface area contributed by atoms with Crippen molar-refractivity contribution in [3.05, 3.63) is 41.0 Å². The van der Waals surface area contributed by atoms with E-state index in [2.05, 4.69) is 22.3 Å². The lowest BCUT2D eigenvalue weighted by atomic mass is 9.91. The van der Waals surface area contributed by atoms with Gasteiger partial charge in [0.1, 0.15) is 6.04 Å². The molecule has 0 saturated carbocycles. The second kappa shape index (κ2) is 5.54. The smallest absolute Gasteiger partial charge is 0.118 e. The third kappa shape index (κ3) is 2.75. The summed E-state index contributed by atoms with van der Waals surface area (Å²) in [7, 11) is 0. The predicted octanol–water partition coefficient (Wildman–Crippen LogP) is 3.39. The number of aliphatic imine (C=N–C) groups is 1. The molecule has 84 valence electrons. The van der Waals surface area contributed by atoms with Crippen molar-refractivity contribution in [3.63, 3.8) is 0 Å². The van der Waals surface area contributed by atoms with Crippen LogP contribution < -0.4 is 0 Å². The maximum Gasteiger partial charge on any atom is 0.118 e. The number of nitrogens with zero attached hydrogens (tertiary/aromatic N) is 2. The molecule has 0 heterocycles. The molecule has 0 aromatic heterocycles. The number of hydrogen-bond acceptors (Lipinski definition) is 3. The van der Waals surface area contributed by atoms with E-state index in [0.717, 1.165) is 31.4 Å². The minimum absolute atomic E-state index is 0.165. The summed E-state index contributed by atoms with van der Waals surface area (Å²) in [5.41, 5.74) is 1.01. The van der Waals surface area contributed by atoms with Gasteiger partial charge in [-0.15, -0.1) is 0 Å². The largest absolute Gasteiger partial charge is 0.261 e. The normalized spacial score (nSPS) is 29.4. The van der Waals surface area contributed by atoms with Crippen molar-refractivity contribution in [1.29, 1.82) is 0 Å². The molecule has 0 spiro atoms. The molecule has 2 aliphatic carbocycles. The van der Waals surface area contributed by atoms with Crippen molar-refractivity contribution in [2.45, 2.75) is 31.7 Å². The molecule has 2 rings (SSSR count). The molecule has 2 atom stereocenters. The second-order valence-corrected chi connectivity index (χ2v) is 4.15. The van der Waals surface area contributed by atoms with Crippen LogP contribution in [0.4, 0.5) is 0 Å². The summed E-state index contributed by atoms with van der Waals surface area (Å²) in [6.45, 7) is 0. The van der Waals surface area contributed by atoms with E-state index >= 15 is 0 Å². The minimum Gasteiger partial charge on any atom is -0.261 e. The Hall–Kier alpha value is -1.51. The Morgan fingerprint density at radius 3 is 2.94 bits per heavy atom. The summed E-state index contributed by atoms with van der Waals surface area (Å²) >= 11 is 0. The van der Waals surface area contributed by atoms with Crippen LogP contribution >= 0.6 is 0 Å². The first-order chi connectivity index (χ1) is 7.90. The molecular weight excluding hydrogens is 200 g/mol. The lowest BCUT2D eigenvalue weighted by Crippen LogP contribution is -2.20. The van der Waals surface area contributed by atoms with Gasteiger partial charge in [-0.2, -0.15) is 4.91 Å². The van der Waals surface area contributed by atoms with Gasteiger partial charge in [-0.3, -0.25) is 4.99 Å². The molecule has 0 bridgehead atoms. The average molecular weight is 216 g/mol. The van der Waals surface area contributed by atoms with Crippen LogP contribution in [0.25, 0.3) is 0 Å². The summed E-state index contributed by atoms with van der Waals surface area (Å²) < 4.78 is 0. The average Bonchev–Trinajstić information content (AvgIpc) is 2.38. The van der Waals surface area contributed by atoms with Crippen LogP contribution in [-0.4, -0.2) is 12.3 Å². The van der Waals surface area contributed by atoms with E-state index < -0.39 is 0 Å². The fourth-order valence-electron chi connectivity index (χ4n) is 1.99. The molecule has 0 radical (unpaired) electrons. The van der Waals surface area contributed by atoms with Crippen molar-refractivity contribution in [3.8, 4) is 0 Å². The van der Waals surface area contributed by atoms with Gasteiger partial charge < -0.3 is 0 Å². The van der Waals surface area contributed by atoms with Gasteiger partial charge in [0.2, 0.25) is 0 Å². The van der Waals surface area contributed by atoms with Gasteiger partial charge in [0, 0.05) is 12.1 Å². The van der Waals surface area contributed by atoms with Gasteiger partial charge in [-0.05, 0) is 31.8 Å². The Kier molecular flexibility index (Phi) is 3.81. The highest BCUT2D eigenvalue weighted by Gasteiger charge is 2.20. The fourth-order valence-corrected chi connectivity index (χ4v) is 1.99. The topological polar surface area (TPSA) is 41.8 Å². The maximum absolute atomic E-state index is 10.6. The van der Waals surface area contributed by atoms with Gasteiger partial charge in [-0.1, -0.05) is 29.5 Å². The van der Waals surface area contributed by atoms with Gasteiger partial charge >= 0.3 is 0 Å². The minimum atomic E-state index is -0.231. The van der Waals surface area contributed by atoms with Gasteiger partial charge in [0.15, 0.2) is 0 Å². The summed E-state index contributed by atoms with van der Waals surface area (Å²) in [6.07, 6.45) is 16.2. The van der Waals surface area contributed by atoms with Gasteiger partial charge in [-0.25, -0.2) is 0 Å². The Bertz CT molecular complexity index is 366. The monoisotopic (exact) mass is 216 g/mol. The zero-order valence-corrected chi connectivity index (χ0v) is 9.25. The molecular formula is C13H16N2O. The molecule has 0 aromatic rings. The highest BCUT2D eigenvalue weighted by molar-refractivity contribution is 5.65. The molecule has 0 aliphatic heterocycles. The molecule has 3 heteroatoms. The molecule has 0 saturated heterocycles. The third-order valence-corrected chi connectivity index (χ3v) is 2.95. The zero-order chi connectivity index (χ0) is 11.2. The van der Waals surface area contributed by atoms with Crippen LogP contribution in [0.2, 0.25) is 0 Å². The quantitative estimate of drug-likeness (QED) is 0.405. The first-order valence-corrected chi connectivity index (χ1v) is 5.80. The van der Waals surface area contributed by atoms with Crippen LogP contribution in [0, 0.1) is 10.8 Å². The van der Waals surface area contributed by atoms with E-state index in [-0.39, 0.29) is 12.0 Å². The van der Waals surface area contributed by atoms with E-state index in [1.807, 2.05) is 24.4 Å². The molecule has 2 aliphatic rings. The van der Waals surface area contributed by atoms with Crippen LogP contribution in [0.3, 0.4) is 0 Å². The molecule has 0 fully saturated rings. The Morgan fingerprint density at radius 2 is 2.19 bits per heavy atom. The Balaban J connectivity index is 2.00. The van der Waals surface area contributed by atoms with Crippen LogP contribution in [-0.2, 0) is 0 Å². The first-order valence-electron chi connectivity index (χ1n) is 5.80. The summed E-state index contributed by atoms with van der Waals surface area (Å²) in [6, 6.07) is -0.231. The van der Waals surface area contributed by atoms with Crippen molar-refractivity contribution >= 4 is 6.21 Å². The van der Waals surface area contributed by atoms with Crippen molar-refractivity contribution in [2.24, 2.45) is 16.1 Å². The number of hydrogen-bond donors (Lipinski definition) is 0. The van der Waals surface area contributed by atoms with E-state index in [0.29, 0.717) is 0 Å². The van der Waals surface area contributed by atoms with Crippen molar-refractivity contribution in [2.75, 3.05) is 0 Å². The van der Waals surface area contributed by atoms with Crippen LogP contribution in [0.5, 0.6) is 0 Å². The lowest BCUT2D eigenvalue weighted by Gasteiger charge is -2.17. The van der Waals surface area contributed by atoms with Crippen molar-refractivity contribution in [1.82, 2.24) is 0 Å². The number of allylic oxidation sites excluding steroid dienone is 4. The number of rotatable bonds is 3. The predicted molar refractivity (Wildman–Crippen MR) is 66.4 cm³/mol. The highest BCUT2D eigenvalue weighted by Crippen LogP contribution is 2.20. The molecule has 0 aromatic carbocycles. The van der Waals surface area contributed by atoms with Crippen molar-refractivity contribution < 1.29 is 0 Å². The molecule has 2 unspecified atom stereocenters. The van der Waals surface area contributed by atoms with E-state index in [1.165, 1.54) is 0 Å². The molecule has 0 amide bonds. The SMILES string of the molecule is O=NC1C=CCCC1/C=N/C1=CCCC=C1. The summed E-state index contributed by atoms with van der Waals surface area (Å²) in [5, 5.41) is 3.13. The van der Waals surface area contributed by atoms with E-state index in [9.17, 15) is 4.91 Å². The Morgan fingerprint density at radius 1 is 1.25 bits per heavy atom. The fraction of sp³-hybridized carbons (Fsp3) is 0.462. The standard InChI is InChI=1S/C13H16N2O/c16-15-13-9-5-4-6-11(13)10-14-12-7-2-1-3-8-12/h2,5,7-11,13H,1,3-4,6H2/b14-10+. The third-order valence-electron chi connectivity index (χ3n) is 2.95. The maximum atomic E-state index is 10.6. The summed E-state index contributed by atoms with van der Waals surface area (Å²) in [5.74, 6) is 0.165.